The van der Waals surface area contributed by atoms with Crippen LogP contribution in [-0.4, -0.2) is 22.4 Å². The van der Waals surface area contributed by atoms with Crippen molar-refractivity contribution in [3.8, 4) is 0 Å². The molecule has 0 fully saturated rings. The average molecular weight is 661 g/mol. The Kier molecular flexibility index (Phi) is 19.3. The van der Waals surface area contributed by atoms with Gasteiger partial charge in [-0.15, -0.1) is 22.4 Å². The second-order valence-corrected chi connectivity index (χ2v) is 16.5. The summed E-state index contributed by atoms with van der Waals surface area (Å²) in [6.45, 7) is 23.0. The molecule has 0 aromatic carbocycles. The number of allylic oxidation sites excluding steroid dienone is 8. The number of hydrogen-bond acceptors (Lipinski definition) is 4. The van der Waals surface area contributed by atoms with Crippen LogP contribution in [0.2, 0.25) is 0 Å². The molecular weight excluding hydrogens is 592 g/mol. The fourth-order valence-electron chi connectivity index (χ4n) is 6.39. The van der Waals surface area contributed by atoms with E-state index in [0.717, 1.165) is 77.0 Å². The van der Waals surface area contributed by atoms with Crippen LogP contribution >= 0.6 is 0 Å². The van der Waals surface area contributed by atoms with E-state index in [4.69, 9.17) is 0 Å². The Morgan fingerprint density at radius 3 is 0.644 bits per heavy atom. The van der Waals surface area contributed by atoms with Gasteiger partial charge >= 0.3 is 21.7 Å². The van der Waals surface area contributed by atoms with Gasteiger partial charge in [-0.1, -0.05) is 102 Å². The quantitative estimate of drug-likeness (QED) is 0.231. The van der Waals surface area contributed by atoms with E-state index in [1.54, 1.807) is 55.4 Å². The predicted octanol–water partition coefficient (Wildman–Crippen LogP) is 7.48. The molecular formula is C40H68O4Ti. The molecule has 0 bridgehead atoms. The van der Waals surface area contributed by atoms with E-state index in [-0.39, 0.29) is 21.7 Å². The second-order valence-electron chi connectivity index (χ2n) is 16.5. The summed E-state index contributed by atoms with van der Waals surface area (Å²) in [5.74, 6) is 1.41. The molecule has 45 heavy (non-hydrogen) atoms. The summed E-state index contributed by atoms with van der Waals surface area (Å²) < 4.78 is 0. The van der Waals surface area contributed by atoms with Gasteiger partial charge in [0, 0.05) is 0 Å². The van der Waals surface area contributed by atoms with Crippen LogP contribution in [0.4, 0.5) is 0 Å². The van der Waals surface area contributed by atoms with Crippen LogP contribution in [0.15, 0.2) is 46.6 Å². The Hall–Kier alpha value is -0.486. The van der Waals surface area contributed by atoms with Gasteiger partial charge in [0.1, 0.15) is 0 Å². The Morgan fingerprint density at radius 2 is 0.556 bits per heavy atom. The van der Waals surface area contributed by atoms with E-state index in [9.17, 15) is 20.4 Å². The van der Waals surface area contributed by atoms with E-state index >= 15 is 0 Å². The standard InChI is InChI=1S/4C10H17O.Ti/c4*1-8-4-6-9(7-5-8)10(2,3)11;/h4*4,9H,5-7H2,1-3H3;/q4*-1;+4. The maximum absolute atomic E-state index is 11.5. The largest absolute Gasteiger partial charge is 4.00 e. The maximum Gasteiger partial charge on any atom is 4.00 e. The first-order chi connectivity index (χ1) is 20.0. The average Bonchev–Trinajstić information content (AvgIpc) is 2.89. The molecule has 0 aliphatic heterocycles. The molecule has 0 heterocycles. The summed E-state index contributed by atoms with van der Waals surface area (Å²) in [7, 11) is 0. The van der Waals surface area contributed by atoms with Crippen molar-refractivity contribution < 1.29 is 42.1 Å². The SMILES string of the molecule is CC1=CCC(C(C)(C)[O-])CC1.CC1=CCC(C(C)(C)[O-])CC1.CC1=CCC(C(C)(C)[O-])CC1.CC1=CCC(C(C)(C)[O-])CC1.[Ti+4]. The fraction of sp³-hybridized carbons (Fsp3) is 0.800. The molecule has 4 unspecified atom stereocenters. The number of rotatable bonds is 4. The zero-order chi connectivity index (χ0) is 33.9. The monoisotopic (exact) mass is 660 g/mol. The third-order valence-corrected chi connectivity index (χ3v) is 10.5. The summed E-state index contributed by atoms with van der Waals surface area (Å²) in [4.78, 5) is 0. The summed E-state index contributed by atoms with van der Waals surface area (Å²) in [6.07, 6.45) is 21.6. The molecule has 0 saturated carbocycles. The molecule has 256 valence electrons. The summed E-state index contributed by atoms with van der Waals surface area (Å²) in [6, 6.07) is 0. The van der Waals surface area contributed by atoms with Crippen molar-refractivity contribution in [1.29, 1.82) is 0 Å². The normalized spacial score (nSPS) is 26.0. The molecule has 0 radical (unpaired) electrons. The smallest absolute Gasteiger partial charge is 0.850 e. The van der Waals surface area contributed by atoms with Crippen molar-refractivity contribution in [3.05, 3.63) is 46.6 Å². The van der Waals surface area contributed by atoms with Gasteiger partial charge in [0.2, 0.25) is 0 Å². The second kappa shape index (κ2) is 19.5. The molecule has 0 spiro atoms. The summed E-state index contributed by atoms with van der Waals surface area (Å²) in [5.41, 5.74) is 2.84. The molecule has 4 rings (SSSR count). The maximum atomic E-state index is 11.5. The predicted molar refractivity (Wildman–Crippen MR) is 181 cm³/mol. The third-order valence-electron chi connectivity index (χ3n) is 10.5. The molecule has 0 saturated heterocycles. The van der Waals surface area contributed by atoms with Crippen molar-refractivity contribution in [2.75, 3.05) is 0 Å². The summed E-state index contributed by atoms with van der Waals surface area (Å²) >= 11 is 0. The molecule has 4 atom stereocenters. The van der Waals surface area contributed by atoms with E-state index in [2.05, 4.69) is 52.0 Å². The topological polar surface area (TPSA) is 92.2 Å². The zero-order valence-corrected chi connectivity index (χ0v) is 32.8. The molecule has 4 aliphatic rings. The first-order valence-corrected chi connectivity index (χ1v) is 17.4. The van der Waals surface area contributed by atoms with Gasteiger partial charge < -0.3 is 20.4 Å². The van der Waals surface area contributed by atoms with Crippen LogP contribution in [0.5, 0.6) is 0 Å². The van der Waals surface area contributed by atoms with Crippen LogP contribution in [0.1, 0.15) is 160 Å². The van der Waals surface area contributed by atoms with Gasteiger partial charge in [-0.3, -0.25) is 0 Å². The minimum absolute atomic E-state index is 0. The van der Waals surface area contributed by atoms with Crippen molar-refractivity contribution in [3.63, 3.8) is 0 Å². The molecule has 4 nitrogen and oxygen atoms in total. The molecule has 5 heteroatoms. The molecule has 0 aromatic rings. The molecule has 4 aliphatic carbocycles. The van der Waals surface area contributed by atoms with Crippen LogP contribution in [0.25, 0.3) is 0 Å². The van der Waals surface area contributed by atoms with E-state index in [1.165, 1.54) is 22.3 Å². The van der Waals surface area contributed by atoms with Gasteiger partial charge in [-0.25, -0.2) is 0 Å². The summed E-state index contributed by atoms with van der Waals surface area (Å²) in [5, 5.41) is 46.1. The Balaban J connectivity index is 0.000000569. The first kappa shape index (κ1) is 44.5. The molecule has 0 amide bonds. The Labute approximate surface area is 293 Å². The van der Waals surface area contributed by atoms with Crippen molar-refractivity contribution in [2.24, 2.45) is 23.7 Å². The van der Waals surface area contributed by atoms with Gasteiger partial charge in [-0.05, 0) is 128 Å². The van der Waals surface area contributed by atoms with Gasteiger partial charge in [-0.2, -0.15) is 0 Å². The third kappa shape index (κ3) is 18.6. The van der Waals surface area contributed by atoms with Crippen molar-refractivity contribution in [1.82, 2.24) is 0 Å². The van der Waals surface area contributed by atoms with Crippen molar-refractivity contribution in [2.45, 2.75) is 183 Å². The number of hydrogen-bond donors (Lipinski definition) is 0. The molecule has 0 aromatic heterocycles. The first-order valence-electron chi connectivity index (χ1n) is 17.4. The van der Waals surface area contributed by atoms with Crippen LogP contribution < -0.4 is 20.4 Å². The van der Waals surface area contributed by atoms with E-state index in [0.29, 0.717) is 23.7 Å². The van der Waals surface area contributed by atoms with Gasteiger partial charge in [0.25, 0.3) is 0 Å². The van der Waals surface area contributed by atoms with E-state index < -0.39 is 22.4 Å². The zero-order valence-electron chi connectivity index (χ0n) is 31.2. The fourth-order valence-corrected chi connectivity index (χ4v) is 6.39. The van der Waals surface area contributed by atoms with Gasteiger partial charge in [0.15, 0.2) is 0 Å². The van der Waals surface area contributed by atoms with Crippen LogP contribution in [0, 0.1) is 23.7 Å². The Bertz CT molecular complexity index is 816. The Morgan fingerprint density at radius 1 is 0.400 bits per heavy atom. The van der Waals surface area contributed by atoms with Crippen molar-refractivity contribution >= 4 is 0 Å². The minimum Gasteiger partial charge on any atom is -0.850 e. The van der Waals surface area contributed by atoms with Crippen LogP contribution in [-0.2, 0) is 21.7 Å². The van der Waals surface area contributed by atoms with Gasteiger partial charge in [0.05, 0.1) is 0 Å². The minimum atomic E-state index is -0.739. The van der Waals surface area contributed by atoms with Crippen LogP contribution in [0.3, 0.4) is 0 Å². The van der Waals surface area contributed by atoms with E-state index in [1.807, 2.05) is 0 Å². The molecule has 0 N–H and O–H groups in total.